The molecular formula is C25H22F2N4O4. The van der Waals surface area contributed by atoms with Crippen molar-refractivity contribution in [2.24, 2.45) is 0 Å². The van der Waals surface area contributed by atoms with E-state index >= 15 is 0 Å². The largest absolute Gasteiger partial charge is 0.476 e. The fourth-order valence-electron chi connectivity index (χ4n) is 3.57. The van der Waals surface area contributed by atoms with Crippen molar-refractivity contribution in [3.8, 4) is 0 Å². The van der Waals surface area contributed by atoms with Crippen LogP contribution in [-0.2, 0) is 24.4 Å². The summed E-state index contributed by atoms with van der Waals surface area (Å²) in [4.78, 5) is 24.1. The van der Waals surface area contributed by atoms with E-state index in [1.54, 1.807) is 6.92 Å². The fraction of sp³-hybridized carbons (Fsp3) is 0.200. The van der Waals surface area contributed by atoms with Crippen molar-refractivity contribution in [3.05, 3.63) is 106 Å². The zero-order valence-electron chi connectivity index (χ0n) is 19.0. The number of hydrogen-bond donors (Lipinski definition) is 1. The summed E-state index contributed by atoms with van der Waals surface area (Å²) in [7, 11) is 0. The number of carboxylic acid groups (broad SMARTS) is 1. The number of aromatic carboxylic acids is 1. The number of carbonyl (C=O) groups excluding carboxylic acids is 1. The highest BCUT2D eigenvalue weighted by molar-refractivity contribution is 5.87. The minimum absolute atomic E-state index is 0.0114. The van der Waals surface area contributed by atoms with Gasteiger partial charge in [0.15, 0.2) is 11.4 Å². The highest BCUT2D eigenvalue weighted by atomic mass is 19.1. The van der Waals surface area contributed by atoms with E-state index < -0.39 is 23.6 Å². The monoisotopic (exact) mass is 480 g/mol. The summed E-state index contributed by atoms with van der Waals surface area (Å²) in [5, 5.41) is 17.6. The quantitative estimate of drug-likeness (QED) is 0.381. The molecule has 1 N–H and O–H groups in total. The third-order valence-electron chi connectivity index (χ3n) is 5.53. The van der Waals surface area contributed by atoms with Crippen LogP contribution in [0.5, 0.6) is 0 Å². The lowest BCUT2D eigenvalue weighted by Gasteiger charge is -2.10. The molecule has 8 nitrogen and oxygen atoms in total. The summed E-state index contributed by atoms with van der Waals surface area (Å²) in [6.45, 7) is 3.63. The molecule has 0 bridgehead atoms. The second-order valence-electron chi connectivity index (χ2n) is 8.05. The van der Waals surface area contributed by atoms with E-state index in [1.165, 1.54) is 21.5 Å². The minimum atomic E-state index is -1.19. The SMILES string of the molecule is Cc1ccccc1Cn1nc(C(=O)O)cc1COC(=O)c1cc(C)n(Cc2cc(F)ccc2F)n1. The third-order valence-corrected chi connectivity index (χ3v) is 5.53. The Balaban J connectivity index is 1.49. The van der Waals surface area contributed by atoms with E-state index in [0.717, 1.165) is 29.3 Å². The summed E-state index contributed by atoms with van der Waals surface area (Å²) >= 11 is 0. The van der Waals surface area contributed by atoms with Crippen molar-refractivity contribution in [1.29, 1.82) is 0 Å². The number of aryl methyl sites for hydroxylation is 2. The molecule has 0 saturated heterocycles. The van der Waals surface area contributed by atoms with Crippen LogP contribution in [0, 0.1) is 25.5 Å². The molecule has 0 fully saturated rings. The van der Waals surface area contributed by atoms with Gasteiger partial charge in [-0.25, -0.2) is 18.4 Å². The van der Waals surface area contributed by atoms with Gasteiger partial charge >= 0.3 is 11.9 Å². The van der Waals surface area contributed by atoms with Crippen LogP contribution in [0.25, 0.3) is 0 Å². The molecule has 0 saturated carbocycles. The van der Waals surface area contributed by atoms with Crippen LogP contribution in [0.3, 0.4) is 0 Å². The standard InChI is InChI=1S/C25H22F2N4O4/c1-15-5-3-4-6-17(15)12-31-20(11-22(28-31)24(32)33)14-35-25(34)23-9-16(2)30(29-23)13-18-10-19(26)7-8-21(18)27/h3-11H,12-14H2,1-2H3,(H,32,33). The van der Waals surface area contributed by atoms with E-state index in [-0.39, 0.29) is 30.1 Å². The molecule has 0 aliphatic heterocycles. The van der Waals surface area contributed by atoms with E-state index in [4.69, 9.17) is 4.74 Å². The summed E-state index contributed by atoms with van der Waals surface area (Å²) in [6, 6.07) is 13.6. The van der Waals surface area contributed by atoms with Crippen LogP contribution in [-0.4, -0.2) is 36.6 Å². The van der Waals surface area contributed by atoms with Gasteiger partial charge in [0.25, 0.3) is 0 Å². The van der Waals surface area contributed by atoms with Gasteiger partial charge in [0.05, 0.1) is 18.8 Å². The number of ether oxygens (including phenoxy) is 1. The lowest BCUT2D eigenvalue weighted by Crippen LogP contribution is -2.13. The first-order valence-corrected chi connectivity index (χ1v) is 10.7. The molecule has 0 radical (unpaired) electrons. The minimum Gasteiger partial charge on any atom is -0.476 e. The average Bonchev–Trinajstić information content (AvgIpc) is 3.39. The van der Waals surface area contributed by atoms with Gasteiger partial charge in [-0.1, -0.05) is 24.3 Å². The second-order valence-corrected chi connectivity index (χ2v) is 8.05. The summed E-state index contributed by atoms with van der Waals surface area (Å²) in [5.41, 5.74) is 2.83. The molecule has 2 aromatic carbocycles. The van der Waals surface area contributed by atoms with Gasteiger partial charge in [-0.05, 0) is 55.3 Å². The van der Waals surface area contributed by atoms with Gasteiger partial charge in [0.1, 0.15) is 18.2 Å². The van der Waals surface area contributed by atoms with Gasteiger partial charge < -0.3 is 9.84 Å². The maximum absolute atomic E-state index is 14.0. The molecule has 180 valence electrons. The molecule has 4 rings (SSSR count). The zero-order chi connectivity index (χ0) is 25.1. The number of carbonyl (C=O) groups is 2. The maximum atomic E-state index is 14.0. The van der Waals surface area contributed by atoms with Crippen LogP contribution in [0.2, 0.25) is 0 Å². The molecule has 0 atom stereocenters. The van der Waals surface area contributed by atoms with Crippen molar-refractivity contribution in [2.75, 3.05) is 0 Å². The Hall–Kier alpha value is -4.34. The molecule has 0 unspecified atom stereocenters. The molecular weight excluding hydrogens is 458 g/mol. The molecule has 0 aliphatic carbocycles. The summed E-state index contributed by atoms with van der Waals surface area (Å²) in [6.07, 6.45) is 0. The molecule has 10 heteroatoms. The topological polar surface area (TPSA) is 99.2 Å². The van der Waals surface area contributed by atoms with Crippen LogP contribution in [0.4, 0.5) is 8.78 Å². The number of halogens is 2. The van der Waals surface area contributed by atoms with Crippen LogP contribution in [0.1, 0.15) is 49.1 Å². The first-order valence-electron chi connectivity index (χ1n) is 10.7. The Bertz CT molecular complexity index is 1410. The zero-order valence-corrected chi connectivity index (χ0v) is 19.0. The van der Waals surface area contributed by atoms with Crippen LogP contribution < -0.4 is 0 Å². The number of nitrogens with zero attached hydrogens (tertiary/aromatic N) is 4. The normalized spacial score (nSPS) is 11.0. The molecule has 35 heavy (non-hydrogen) atoms. The number of benzene rings is 2. The molecule has 0 aliphatic rings. The van der Waals surface area contributed by atoms with Crippen LogP contribution in [0.15, 0.2) is 54.6 Å². The van der Waals surface area contributed by atoms with E-state index in [9.17, 15) is 23.5 Å². The first kappa shape index (κ1) is 23.8. The maximum Gasteiger partial charge on any atom is 0.359 e. The van der Waals surface area contributed by atoms with Crippen LogP contribution >= 0.6 is 0 Å². The van der Waals surface area contributed by atoms with Gasteiger partial charge in [-0.2, -0.15) is 10.2 Å². The molecule has 4 aromatic rings. The highest BCUT2D eigenvalue weighted by Gasteiger charge is 2.19. The Kier molecular flexibility index (Phi) is 6.72. The number of esters is 1. The van der Waals surface area contributed by atoms with Crippen molar-refractivity contribution in [2.45, 2.75) is 33.5 Å². The Morgan fingerprint density at radius 2 is 1.63 bits per heavy atom. The fourth-order valence-corrected chi connectivity index (χ4v) is 3.57. The van der Waals surface area contributed by atoms with E-state index in [0.29, 0.717) is 17.9 Å². The summed E-state index contributed by atoms with van der Waals surface area (Å²) in [5.74, 6) is -3.09. The lowest BCUT2D eigenvalue weighted by molar-refractivity contribution is 0.0454. The van der Waals surface area contributed by atoms with Gasteiger partial charge in [-0.15, -0.1) is 0 Å². The number of carboxylic acids is 1. The first-order chi connectivity index (χ1) is 16.7. The third kappa shape index (κ3) is 5.43. The second kappa shape index (κ2) is 9.88. The average molecular weight is 480 g/mol. The van der Waals surface area contributed by atoms with Crippen molar-refractivity contribution >= 4 is 11.9 Å². The lowest BCUT2D eigenvalue weighted by atomic mass is 10.1. The van der Waals surface area contributed by atoms with E-state index in [2.05, 4.69) is 10.2 Å². The van der Waals surface area contributed by atoms with Gasteiger partial charge in [0, 0.05) is 11.3 Å². The smallest absolute Gasteiger partial charge is 0.359 e. The molecule has 2 aromatic heterocycles. The Labute approximate surface area is 199 Å². The number of hydrogen-bond acceptors (Lipinski definition) is 5. The van der Waals surface area contributed by atoms with Crippen molar-refractivity contribution in [3.63, 3.8) is 0 Å². The molecule has 0 spiro atoms. The predicted molar refractivity (Wildman–Crippen MR) is 121 cm³/mol. The van der Waals surface area contributed by atoms with Crippen molar-refractivity contribution in [1.82, 2.24) is 19.6 Å². The molecule has 0 amide bonds. The number of rotatable bonds is 8. The Morgan fingerprint density at radius 3 is 2.37 bits per heavy atom. The van der Waals surface area contributed by atoms with Gasteiger partial charge in [-0.3, -0.25) is 9.36 Å². The molecule has 2 heterocycles. The Morgan fingerprint density at radius 1 is 0.914 bits per heavy atom. The number of aromatic nitrogens is 4. The van der Waals surface area contributed by atoms with Crippen molar-refractivity contribution < 1.29 is 28.2 Å². The highest BCUT2D eigenvalue weighted by Crippen LogP contribution is 2.16. The summed E-state index contributed by atoms with van der Waals surface area (Å²) < 4.78 is 35.7. The van der Waals surface area contributed by atoms with E-state index in [1.807, 2.05) is 31.2 Å². The van der Waals surface area contributed by atoms with Gasteiger partial charge in [0.2, 0.25) is 0 Å². The predicted octanol–water partition coefficient (Wildman–Crippen LogP) is 4.13.